The van der Waals surface area contributed by atoms with Crippen LogP contribution in [0.4, 0.5) is 0 Å². The Bertz CT molecular complexity index is 812. The predicted molar refractivity (Wildman–Crippen MR) is 93.0 cm³/mol. The van der Waals surface area contributed by atoms with Crippen LogP contribution in [0.15, 0.2) is 32.5 Å². The van der Waals surface area contributed by atoms with Gasteiger partial charge in [-0.05, 0) is 40.9 Å². The minimum Gasteiger partial charge on any atom is -0.477 e. The van der Waals surface area contributed by atoms with Crippen LogP contribution in [0.25, 0.3) is 0 Å². The van der Waals surface area contributed by atoms with Crippen molar-refractivity contribution in [1.29, 1.82) is 0 Å². The van der Waals surface area contributed by atoms with E-state index in [0.717, 1.165) is 16.6 Å². The van der Waals surface area contributed by atoms with Crippen molar-refractivity contribution in [1.82, 2.24) is 14.3 Å². The lowest BCUT2D eigenvalue weighted by molar-refractivity contribution is 0.119. The van der Waals surface area contributed by atoms with Gasteiger partial charge in [-0.3, -0.25) is 0 Å². The molecule has 1 saturated heterocycles. The molecular formula is C14H16BrN3O4S2. The van der Waals surface area contributed by atoms with E-state index in [1.807, 2.05) is 0 Å². The van der Waals surface area contributed by atoms with Gasteiger partial charge < -0.3 is 9.47 Å². The quantitative estimate of drug-likeness (QED) is 0.720. The topological polar surface area (TPSA) is 81.6 Å². The van der Waals surface area contributed by atoms with Gasteiger partial charge in [0.1, 0.15) is 10.3 Å². The third-order valence-electron chi connectivity index (χ3n) is 3.59. The van der Waals surface area contributed by atoms with Crippen LogP contribution in [0.1, 0.15) is 12.8 Å². The van der Waals surface area contributed by atoms with Crippen molar-refractivity contribution >= 4 is 37.3 Å². The number of aromatic nitrogens is 2. The van der Waals surface area contributed by atoms with Crippen molar-refractivity contribution in [2.24, 2.45) is 0 Å². The molecule has 10 heteroatoms. The number of hydrogen-bond acceptors (Lipinski definition) is 7. The number of rotatable bonds is 5. The second kappa shape index (κ2) is 7.34. The van der Waals surface area contributed by atoms with Crippen LogP contribution in [0.5, 0.6) is 11.8 Å². The summed E-state index contributed by atoms with van der Waals surface area (Å²) >= 11 is 4.51. The number of sulfonamides is 1. The smallest absolute Gasteiger partial charge is 0.278 e. The number of piperidine rings is 1. The molecular weight excluding hydrogens is 418 g/mol. The molecule has 3 heterocycles. The van der Waals surface area contributed by atoms with Crippen LogP contribution in [0.2, 0.25) is 0 Å². The third kappa shape index (κ3) is 3.71. The van der Waals surface area contributed by atoms with E-state index in [-0.39, 0.29) is 18.5 Å². The van der Waals surface area contributed by atoms with E-state index in [0.29, 0.717) is 16.6 Å². The Morgan fingerprint density at radius 1 is 1.29 bits per heavy atom. The highest BCUT2D eigenvalue weighted by Crippen LogP contribution is 2.31. The van der Waals surface area contributed by atoms with Gasteiger partial charge in [-0.15, -0.1) is 11.3 Å². The van der Waals surface area contributed by atoms with E-state index in [1.54, 1.807) is 12.1 Å². The summed E-state index contributed by atoms with van der Waals surface area (Å²) < 4.78 is 39.0. The normalized spacial score (nSPS) is 19.2. The maximum Gasteiger partial charge on any atom is 0.278 e. The Hall–Kier alpha value is -1.23. The average molecular weight is 434 g/mol. The maximum absolute atomic E-state index is 12.7. The highest BCUT2D eigenvalue weighted by atomic mass is 79.9. The fraction of sp³-hybridized carbons (Fsp3) is 0.429. The van der Waals surface area contributed by atoms with Gasteiger partial charge in [-0.1, -0.05) is 0 Å². The number of thiophene rings is 1. The molecule has 0 saturated carbocycles. The molecule has 1 fully saturated rings. The van der Waals surface area contributed by atoms with Gasteiger partial charge >= 0.3 is 0 Å². The molecule has 3 rings (SSSR count). The van der Waals surface area contributed by atoms with Gasteiger partial charge in [-0.25, -0.2) is 18.4 Å². The monoisotopic (exact) mass is 433 g/mol. The summed E-state index contributed by atoms with van der Waals surface area (Å²) in [6.07, 6.45) is 4.21. The Morgan fingerprint density at radius 2 is 2.04 bits per heavy atom. The molecule has 0 aliphatic carbocycles. The summed E-state index contributed by atoms with van der Waals surface area (Å²) in [6.45, 7) is 0.757. The molecule has 130 valence electrons. The molecule has 1 unspecified atom stereocenters. The first-order valence-corrected chi connectivity index (χ1v) is 10.3. The standard InChI is InChI=1S/C14H16BrN3O4S2/c1-21-13-14(17-7-6-16-13)22-10-3-2-8-18(9-10)24(19,20)12-5-4-11(15)23-12/h4-7,10H,2-3,8-9H2,1H3. The lowest BCUT2D eigenvalue weighted by Gasteiger charge is -2.31. The van der Waals surface area contributed by atoms with Crippen LogP contribution in [-0.2, 0) is 10.0 Å². The summed E-state index contributed by atoms with van der Waals surface area (Å²) in [6, 6.07) is 3.35. The van der Waals surface area contributed by atoms with Gasteiger partial charge in [0.25, 0.3) is 21.8 Å². The maximum atomic E-state index is 12.7. The Balaban J connectivity index is 1.75. The fourth-order valence-electron chi connectivity index (χ4n) is 2.47. The molecule has 0 aromatic carbocycles. The van der Waals surface area contributed by atoms with Crippen molar-refractivity contribution in [3.63, 3.8) is 0 Å². The Morgan fingerprint density at radius 3 is 2.71 bits per heavy atom. The number of halogens is 1. The predicted octanol–water partition coefficient (Wildman–Crippen LogP) is 2.54. The number of nitrogens with zero attached hydrogens (tertiary/aromatic N) is 3. The van der Waals surface area contributed by atoms with Crippen LogP contribution in [0, 0.1) is 0 Å². The molecule has 7 nitrogen and oxygen atoms in total. The van der Waals surface area contributed by atoms with Gasteiger partial charge in [0, 0.05) is 18.9 Å². The second-order valence-corrected chi connectivity index (χ2v) is 9.80. The lowest BCUT2D eigenvalue weighted by atomic mass is 10.1. The lowest BCUT2D eigenvalue weighted by Crippen LogP contribution is -2.44. The van der Waals surface area contributed by atoms with Gasteiger partial charge in [0.15, 0.2) is 0 Å². The van der Waals surface area contributed by atoms with Crippen molar-refractivity contribution in [3.05, 3.63) is 28.3 Å². The van der Waals surface area contributed by atoms with Gasteiger partial charge in [-0.2, -0.15) is 4.31 Å². The van der Waals surface area contributed by atoms with E-state index in [9.17, 15) is 8.42 Å². The summed E-state index contributed by atoms with van der Waals surface area (Å²) in [5.74, 6) is 0.572. The molecule has 2 aromatic rings. The van der Waals surface area contributed by atoms with Crippen molar-refractivity contribution < 1.29 is 17.9 Å². The zero-order valence-corrected chi connectivity index (χ0v) is 16.1. The van der Waals surface area contributed by atoms with Crippen molar-refractivity contribution in [3.8, 4) is 11.8 Å². The number of methoxy groups -OCH3 is 1. The van der Waals surface area contributed by atoms with E-state index in [4.69, 9.17) is 9.47 Å². The molecule has 2 aromatic heterocycles. The van der Waals surface area contributed by atoms with Crippen LogP contribution in [0.3, 0.4) is 0 Å². The highest BCUT2D eigenvalue weighted by Gasteiger charge is 2.32. The molecule has 0 N–H and O–H groups in total. The summed E-state index contributed by atoms with van der Waals surface area (Å²) in [5, 5.41) is 0. The average Bonchev–Trinajstić information content (AvgIpc) is 3.03. The SMILES string of the molecule is COc1nccnc1OC1CCCN(S(=O)(=O)c2ccc(Br)s2)C1. The van der Waals surface area contributed by atoms with Crippen LogP contribution in [-0.4, -0.2) is 49.0 Å². The third-order valence-corrected chi connectivity index (χ3v) is 7.54. The first kappa shape index (κ1) is 17.6. The van der Waals surface area contributed by atoms with Crippen molar-refractivity contribution in [2.75, 3.05) is 20.2 Å². The molecule has 0 radical (unpaired) electrons. The van der Waals surface area contributed by atoms with E-state index >= 15 is 0 Å². The van der Waals surface area contributed by atoms with Crippen LogP contribution >= 0.6 is 27.3 Å². The van der Waals surface area contributed by atoms with Crippen LogP contribution < -0.4 is 9.47 Å². The number of hydrogen-bond donors (Lipinski definition) is 0. The van der Waals surface area contributed by atoms with E-state index < -0.39 is 10.0 Å². The highest BCUT2D eigenvalue weighted by molar-refractivity contribution is 9.11. The summed E-state index contributed by atoms with van der Waals surface area (Å²) in [7, 11) is -2.02. The number of ether oxygens (including phenoxy) is 2. The summed E-state index contributed by atoms with van der Waals surface area (Å²) in [5.41, 5.74) is 0. The minimum atomic E-state index is -3.51. The van der Waals surface area contributed by atoms with E-state index in [1.165, 1.54) is 35.1 Å². The van der Waals surface area contributed by atoms with Gasteiger partial charge in [0.05, 0.1) is 17.4 Å². The molecule has 0 amide bonds. The molecule has 0 bridgehead atoms. The largest absolute Gasteiger partial charge is 0.477 e. The zero-order chi connectivity index (χ0) is 17.2. The van der Waals surface area contributed by atoms with E-state index in [2.05, 4.69) is 25.9 Å². The van der Waals surface area contributed by atoms with Crippen molar-refractivity contribution in [2.45, 2.75) is 23.2 Å². The second-order valence-electron chi connectivity index (χ2n) is 5.17. The fourth-order valence-corrected chi connectivity index (χ4v) is 6.15. The first-order chi connectivity index (χ1) is 11.5. The Kier molecular flexibility index (Phi) is 5.38. The molecule has 1 atom stereocenters. The molecule has 24 heavy (non-hydrogen) atoms. The molecule has 1 aliphatic rings. The first-order valence-electron chi connectivity index (χ1n) is 7.28. The Labute approximate surface area is 152 Å². The summed E-state index contributed by atoms with van der Waals surface area (Å²) in [4.78, 5) is 8.15. The minimum absolute atomic E-state index is 0.275. The van der Waals surface area contributed by atoms with Gasteiger partial charge in [0.2, 0.25) is 0 Å². The zero-order valence-electron chi connectivity index (χ0n) is 12.9. The molecule has 1 aliphatic heterocycles. The molecule has 0 spiro atoms.